The third-order valence-corrected chi connectivity index (χ3v) is 2.90. The molecule has 0 fully saturated rings. The molecule has 1 heterocycles. The fourth-order valence-corrected chi connectivity index (χ4v) is 1.87. The summed E-state index contributed by atoms with van der Waals surface area (Å²) in [7, 11) is 0. The Hall–Kier alpha value is -2.34. The zero-order valence-electron chi connectivity index (χ0n) is 10.5. The number of nitrogens with zero attached hydrogens (tertiary/aromatic N) is 2. The van der Waals surface area contributed by atoms with E-state index in [0.717, 1.165) is 11.4 Å². The van der Waals surface area contributed by atoms with Gasteiger partial charge in [0.05, 0.1) is 12.5 Å². The van der Waals surface area contributed by atoms with Crippen LogP contribution in [0.5, 0.6) is 0 Å². The molecular weight excluding hydrogens is 224 g/mol. The predicted octanol–water partition coefficient (Wildman–Crippen LogP) is 2.52. The maximum absolute atomic E-state index is 11.7. The van der Waals surface area contributed by atoms with Gasteiger partial charge in [-0.25, -0.2) is 0 Å². The topological polar surface area (TPSA) is 45.8 Å². The van der Waals surface area contributed by atoms with Crippen LogP contribution in [0.25, 0.3) is 5.69 Å². The molecule has 2 aromatic rings. The molecule has 0 bridgehead atoms. The van der Waals surface area contributed by atoms with E-state index in [1.165, 1.54) is 5.56 Å². The van der Waals surface area contributed by atoms with Gasteiger partial charge in [-0.1, -0.05) is 17.7 Å². The number of hydrogen-bond acceptors (Lipinski definition) is 2. The lowest BCUT2D eigenvalue weighted by Gasteiger charge is -2.12. The van der Waals surface area contributed by atoms with Crippen molar-refractivity contribution in [1.82, 2.24) is 4.57 Å². The maximum atomic E-state index is 11.7. The number of pyridine rings is 1. The monoisotopic (exact) mass is 238 g/mol. The molecule has 0 unspecified atom stereocenters. The van der Waals surface area contributed by atoms with Crippen LogP contribution in [0.1, 0.15) is 16.8 Å². The van der Waals surface area contributed by atoms with Crippen molar-refractivity contribution in [2.75, 3.05) is 0 Å². The van der Waals surface area contributed by atoms with E-state index in [0.29, 0.717) is 5.56 Å². The van der Waals surface area contributed by atoms with Crippen LogP contribution in [0.15, 0.2) is 41.3 Å². The molecule has 0 aliphatic heterocycles. The van der Waals surface area contributed by atoms with Gasteiger partial charge in [0.15, 0.2) is 5.43 Å². The molecule has 1 aromatic heterocycles. The van der Waals surface area contributed by atoms with Gasteiger partial charge in [-0.2, -0.15) is 5.26 Å². The van der Waals surface area contributed by atoms with Crippen molar-refractivity contribution in [2.45, 2.75) is 20.3 Å². The first-order valence-corrected chi connectivity index (χ1v) is 5.78. The third kappa shape index (κ3) is 2.33. The summed E-state index contributed by atoms with van der Waals surface area (Å²) >= 11 is 0. The minimum atomic E-state index is -0.0718. The van der Waals surface area contributed by atoms with Crippen molar-refractivity contribution in [3.05, 3.63) is 63.6 Å². The van der Waals surface area contributed by atoms with Crippen LogP contribution in [-0.2, 0) is 6.42 Å². The third-order valence-electron chi connectivity index (χ3n) is 2.90. The summed E-state index contributed by atoms with van der Waals surface area (Å²) in [6, 6.07) is 11.6. The number of hydrogen-bond donors (Lipinski definition) is 0. The number of aryl methyl sites for hydroxylation is 2. The van der Waals surface area contributed by atoms with E-state index in [2.05, 4.69) is 0 Å². The van der Waals surface area contributed by atoms with Crippen LogP contribution >= 0.6 is 0 Å². The van der Waals surface area contributed by atoms with Gasteiger partial charge in [-0.3, -0.25) is 4.79 Å². The molecule has 3 nitrogen and oxygen atoms in total. The summed E-state index contributed by atoms with van der Waals surface area (Å²) in [4.78, 5) is 11.7. The van der Waals surface area contributed by atoms with E-state index in [1.54, 1.807) is 12.3 Å². The van der Waals surface area contributed by atoms with Crippen molar-refractivity contribution in [3.8, 4) is 11.8 Å². The van der Waals surface area contributed by atoms with Crippen LogP contribution in [0.4, 0.5) is 0 Å². The molecule has 0 aliphatic rings. The summed E-state index contributed by atoms with van der Waals surface area (Å²) in [6.07, 6.45) is 1.90. The molecule has 2 rings (SSSR count). The maximum Gasteiger partial charge on any atom is 0.186 e. The highest BCUT2D eigenvalue weighted by Gasteiger charge is 2.05. The van der Waals surface area contributed by atoms with Gasteiger partial charge in [-0.05, 0) is 26.0 Å². The second kappa shape index (κ2) is 4.89. The standard InChI is InChI=1S/C15H14N2O/c1-11-3-5-14(6-4-11)17-10-13(7-8-16)15(18)9-12(17)2/h3-6,9-10H,7H2,1-2H3. The van der Waals surface area contributed by atoms with Crippen LogP contribution < -0.4 is 5.43 Å². The van der Waals surface area contributed by atoms with Crippen molar-refractivity contribution in [2.24, 2.45) is 0 Å². The molecule has 0 saturated carbocycles. The minimum Gasteiger partial charge on any atom is -0.321 e. The van der Waals surface area contributed by atoms with E-state index in [-0.39, 0.29) is 11.8 Å². The average Bonchev–Trinajstić information content (AvgIpc) is 2.34. The fraction of sp³-hybridized carbons (Fsp3) is 0.200. The number of rotatable bonds is 2. The van der Waals surface area contributed by atoms with E-state index >= 15 is 0 Å². The SMILES string of the molecule is Cc1ccc(-n2cc(CC#N)c(=O)cc2C)cc1. The van der Waals surface area contributed by atoms with Gasteiger partial charge in [0.25, 0.3) is 0 Å². The summed E-state index contributed by atoms with van der Waals surface area (Å²) in [5.41, 5.74) is 3.51. The average molecular weight is 238 g/mol. The van der Waals surface area contributed by atoms with Crippen LogP contribution in [0, 0.1) is 25.2 Å². The smallest absolute Gasteiger partial charge is 0.186 e. The summed E-state index contributed by atoms with van der Waals surface area (Å²) < 4.78 is 1.94. The van der Waals surface area contributed by atoms with Gasteiger partial charge in [0.2, 0.25) is 0 Å². The lowest BCUT2D eigenvalue weighted by atomic mass is 10.1. The highest BCUT2D eigenvalue weighted by Crippen LogP contribution is 2.12. The van der Waals surface area contributed by atoms with Gasteiger partial charge in [0.1, 0.15) is 0 Å². The minimum absolute atomic E-state index is 0.0718. The van der Waals surface area contributed by atoms with Gasteiger partial charge >= 0.3 is 0 Å². The number of aromatic nitrogens is 1. The first-order valence-electron chi connectivity index (χ1n) is 5.78. The molecular formula is C15H14N2O. The highest BCUT2D eigenvalue weighted by atomic mass is 16.1. The molecule has 0 radical (unpaired) electrons. The Bertz CT molecular complexity index is 660. The number of nitriles is 1. The first kappa shape index (κ1) is 12.1. The largest absolute Gasteiger partial charge is 0.321 e. The van der Waals surface area contributed by atoms with Crippen molar-refractivity contribution >= 4 is 0 Å². The summed E-state index contributed by atoms with van der Waals surface area (Å²) in [5.74, 6) is 0. The quantitative estimate of drug-likeness (QED) is 0.807. The highest BCUT2D eigenvalue weighted by molar-refractivity contribution is 5.37. The zero-order chi connectivity index (χ0) is 13.1. The molecule has 0 amide bonds. The molecule has 0 spiro atoms. The predicted molar refractivity (Wildman–Crippen MR) is 70.8 cm³/mol. The fourth-order valence-electron chi connectivity index (χ4n) is 1.87. The number of benzene rings is 1. The molecule has 18 heavy (non-hydrogen) atoms. The Labute approximate surface area is 106 Å². The zero-order valence-corrected chi connectivity index (χ0v) is 10.5. The van der Waals surface area contributed by atoms with Crippen LogP contribution in [0.2, 0.25) is 0 Å². The van der Waals surface area contributed by atoms with E-state index in [4.69, 9.17) is 5.26 Å². The van der Waals surface area contributed by atoms with Crippen LogP contribution in [0.3, 0.4) is 0 Å². The van der Waals surface area contributed by atoms with E-state index in [9.17, 15) is 4.79 Å². The van der Waals surface area contributed by atoms with Crippen LogP contribution in [-0.4, -0.2) is 4.57 Å². The lowest BCUT2D eigenvalue weighted by Crippen LogP contribution is -2.13. The Balaban J connectivity index is 2.57. The first-order chi connectivity index (χ1) is 8.61. The van der Waals surface area contributed by atoms with Gasteiger partial charge < -0.3 is 4.57 Å². The van der Waals surface area contributed by atoms with Gasteiger partial charge in [-0.15, -0.1) is 0 Å². The Kier molecular flexibility index (Phi) is 3.29. The molecule has 0 atom stereocenters. The Morgan fingerprint density at radius 1 is 1.22 bits per heavy atom. The van der Waals surface area contributed by atoms with Crippen molar-refractivity contribution in [3.63, 3.8) is 0 Å². The molecule has 0 aliphatic carbocycles. The Morgan fingerprint density at radius 2 is 1.89 bits per heavy atom. The van der Waals surface area contributed by atoms with Crippen molar-refractivity contribution in [1.29, 1.82) is 5.26 Å². The molecule has 1 aromatic carbocycles. The lowest BCUT2D eigenvalue weighted by molar-refractivity contribution is 0.948. The second-order valence-electron chi connectivity index (χ2n) is 4.34. The second-order valence-corrected chi connectivity index (χ2v) is 4.34. The normalized spacial score (nSPS) is 10.1. The van der Waals surface area contributed by atoms with E-state index < -0.39 is 0 Å². The molecule has 3 heteroatoms. The molecule has 90 valence electrons. The summed E-state index contributed by atoms with van der Waals surface area (Å²) in [6.45, 7) is 3.92. The molecule has 0 saturated heterocycles. The summed E-state index contributed by atoms with van der Waals surface area (Å²) in [5, 5.41) is 8.71. The van der Waals surface area contributed by atoms with Gasteiger partial charge in [0, 0.05) is 29.2 Å². The van der Waals surface area contributed by atoms with E-state index in [1.807, 2.05) is 48.7 Å². The molecule has 0 N–H and O–H groups in total. The van der Waals surface area contributed by atoms with Crippen molar-refractivity contribution < 1.29 is 0 Å². The Morgan fingerprint density at radius 3 is 2.50 bits per heavy atom.